The topological polar surface area (TPSA) is 133 Å². The second kappa shape index (κ2) is 9.48. The molecule has 3 aromatic rings. The molecule has 0 fully saturated rings. The van der Waals surface area contributed by atoms with Crippen LogP contribution in [0.5, 0.6) is 0 Å². The summed E-state index contributed by atoms with van der Waals surface area (Å²) in [5, 5.41) is 22.2. The van der Waals surface area contributed by atoms with Crippen LogP contribution in [0, 0.1) is 0 Å². The highest BCUT2D eigenvalue weighted by Gasteiger charge is 2.14. The fraction of sp³-hybridized carbons (Fsp3) is 0.294. The average Bonchev–Trinajstić information content (AvgIpc) is 3.35. The van der Waals surface area contributed by atoms with Crippen LogP contribution in [0.2, 0.25) is 0 Å². The lowest BCUT2D eigenvalue weighted by Gasteiger charge is -2.14. The Balaban J connectivity index is 1.50. The van der Waals surface area contributed by atoms with Crippen molar-refractivity contribution >= 4 is 39.0 Å². The molecule has 0 spiro atoms. The van der Waals surface area contributed by atoms with Gasteiger partial charge in [-0.05, 0) is 46.5 Å². The molecule has 0 aliphatic heterocycles. The Morgan fingerprint density at radius 3 is 2.72 bits per heavy atom. The maximum Gasteiger partial charge on any atom is 0.238 e. The van der Waals surface area contributed by atoms with E-state index < -0.39 is 10.0 Å². The number of sulfonamides is 1. The third-order valence-electron chi connectivity index (χ3n) is 4.07. The van der Waals surface area contributed by atoms with Crippen LogP contribution < -0.4 is 10.5 Å². The minimum absolute atomic E-state index is 0.0321. The Morgan fingerprint density at radius 2 is 2.07 bits per heavy atom. The van der Waals surface area contributed by atoms with Crippen LogP contribution in [0.25, 0.3) is 0 Å². The molecule has 2 heterocycles. The maximum atomic E-state index is 12.3. The molecule has 0 radical (unpaired) electrons. The van der Waals surface area contributed by atoms with Crippen molar-refractivity contribution in [3.8, 4) is 0 Å². The van der Waals surface area contributed by atoms with Crippen molar-refractivity contribution in [2.45, 2.75) is 36.0 Å². The minimum Gasteiger partial charge on any atom is -0.349 e. The van der Waals surface area contributed by atoms with Gasteiger partial charge in [-0.15, -0.1) is 16.4 Å². The second-order valence-electron chi connectivity index (χ2n) is 6.21. The fourth-order valence-electron chi connectivity index (χ4n) is 2.55. The Morgan fingerprint density at radius 1 is 1.31 bits per heavy atom. The highest BCUT2D eigenvalue weighted by Crippen LogP contribution is 2.18. The Bertz CT molecular complexity index is 1050. The summed E-state index contributed by atoms with van der Waals surface area (Å²) < 4.78 is 24.3. The van der Waals surface area contributed by atoms with E-state index in [0.717, 1.165) is 12.0 Å². The number of thioether (sulfide) groups is 1. The smallest absolute Gasteiger partial charge is 0.238 e. The summed E-state index contributed by atoms with van der Waals surface area (Å²) in [5.74, 6) is -0.00950. The van der Waals surface area contributed by atoms with Gasteiger partial charge in [0.1, 0.15) is 0 Å². The lowest BCUT2D eigenvalue weighted by Crippen LogP contribution is -2.28. The van der Waals surface area contributed by atoms with E-state index in [0.29, 0.717) is 11.7 Å². The number of nitrogens with two attached hydrogens (primary N) is 1. The number of benzene rings is 1. The summed E-state index contributed by atoms with van der Waals surface area (Å²) in [5.41, 5.74) is 0.775. The first-order valence-corrected chi connectivity index (χ1v) is 12.1. The van der Waals surface area contributed by atoms with Gasteiger partial charge in [-0.25, -0.2) is 18.2 Å². The molecule has 0 aliphatic carbocycles. The number of nitrogens with zero attached hydrogens (tertiary/aromatic N) is 4. The predicted octanol–water partition coefficient (Wildman–Crippen LogP) is 1.59. The van der Waals surface area contributed by atoms with Crippen LogP contribution in [0.15, 0.2) is 51.8 Å². The van der Waals surface area contributed by atoms with Crippen LogP contribution in [-0.4, -0.2) is 40.3 Å². The molecule has 1 atom stereocenters. The molecule has 1 amide bonds. The quantitative estimate of drug-likeness (QED) is 0.471. The maximum absolute atomic E-state index is 12.3. The molecule has 1 unspecified atom stereocenters. The van der Waals surface area contributed by atoms with E-state index in [4.69, 9.17) is 5.14 Å². The van der Waals surface area contributed by atoms with Crippen LogP contribution in [-0.2, 0) is 27.8 Å². The number of amides is 1. The number of hydrogen-bond acceptors (Lipinski definition) is 8. The number of tetrazole rings is 1. The molecule has 12 heteroatoms. The van der Waals surface area contributed by atoms with E-state index in [9.17, 15) is 13.2 Å². The summed E-state index contributed by atoms with van der Waals surface area (Å²) in [6.45, 7) is 2.46. The van der Waals surface area contributed by atoms with E-state index in [-0.39, 0.29) is 22.6 Å². The highest BCUT2D eigenvalue weighted by molar-refractivity contribution is 7.99. The van der Waals surface area contributed by atoms with Crippen molar-refractivity contribution in [1.29, 1.82) is 0 Å². The number of carbonyl (C=O) groups is 1. The molecule has 3 N–H and O–H groups in total. The number of aromatic nitrogens is 4. The Kier molecular flexibility index (Phi) is 7.00. The second-order valence-corrected chi connectivity index (χ2v) is 9.74. The van der Waals surface area contributed by atoms with Gasteiger partial charge in [0, 0.05) is 11.3 Å². The third kappa shape index (κ3) is 6.10. The molecule has 0 saturated carbocycles. The molecule has 2 aromatic heterocycles. The number of carbonyl (C=O) groups excluding carboxylic acids is 1. The molecule has 1 aromatic carbocycles. The Hall–Kier alpha value is -2.28. The zero-order valence-corrected chi connectivity index (χ0v) is 18.0. The van der Waals surface area contributed by atoms with Crippen molar-refractivity contribution in [3.63, 3.8) is 0 Å². The van der Waals surface area contributed by atoms with Gasteiger partial charge < -0.3 is 5.32 Å². The van der Waals surface area contributed by atoms with Gasteiger partial charge >= 0.3 is 0 Å². The monoisotopic (exact) mass is 452 g/mol. The lowest BCUT2D eigenvalue weighted by molar-refractivity contribution is -0.119. The number of rotatable bonds is 9. The molecular formula is C17H20N6O3S3. The molecule has 3 rings (SSSR count). The van der Waals surface area contributed by atoms with Crippen molar-refractivity contribution in [3.05, 3.63) is 52.2 Å². The van der Waals surface area contributed by atoms with Crippen LogP contribution >= 0.6 is 23.1 Å². The number of thiophene rings is 1. The predicted molar refractivity (Wildman–Crippen MR) is 111 cm³/mol. The molecule has 0 aliphatic rings. The van der Waals surface area contributed by atoms with Gasteiger partial charge in [-0.1, -0.05) is 30.0 Å². The van der Waals surface area contributed by atoms with E-state index in [1.165, 1.54) is 28.8 Å². The number of hydrogen-bond donors (Lipinski definition) is 2. The Labute approximate surface area is 176 Å². The molecule has 0 bridgehead atoms. The van der Waals surface area contributed by atoms with E-state index in [1.807, 2.05) is 18.4 Å². The summed E-state index contributed by atoms with van der Waals surface area (Å²) in [7, 11) is -3.74. The van der Waals surface area contributed by atoms with Gasteiger partial charge in [0.05, 0.1) is 23.2 Å². The first kappa shape index (κ1) is 21.4. The van der Waals surface area contributed by atoms with Crippen LogP contribution in [0.1, 0.15) is 23.4 Å². The molecule has 0 saturated heterocycles. The summed E-state index contributed by atoms with van der Waals surface area (Å²) in [4.78, 5) is 13.6. The zero-order chi connectivity index (χ0) is 20.9. The van der Waals surface area contributed by atoms with E-state index in [2.05, 4.69) is 26.9 Å². The van der Waals surface area contributed by atoms with Gasteiger partial charge in [-0.3, -0.25) is 4.79 Å². The summed E-state index contributed by atoms with van der Waals surface area (Å²) >= 11 is 2.95. The van der Waals surface area contributed by atoms with E-state index in [1.54, 1.807) is 28.2 Å². The minimum atomic E-state index is -3.74. The zero-order valence-electron chi connectivity index (χ0n) is 15.6. The molecule has 154 valence electrons. The van der Waals surface area contributed by atoms with Gasteiger partial charge in [0.2, 0.25) is 21.1 Å². The molecule has 9 nitrogen and oxygen atoms in total. The lowest BCUT2D eigenvalue weighted by atomic mass is 10.1. The highest BCUT2D eigenvalue weighted by atomic mass is 32.2. The van der Waals surface area contributed by atoms with Gasteiger partial charge in [0.25, 0.3) is 0 Å². The SMILES string of the molecule is CC(NC(=O)CSc1nnnn1CCc1cccs1)c1ccc(S(N)(=O)=O)cc1. The largest absolute Gasteiger partial charge is 0.349 e. The van der Waals surface area contributed by atoms with Crippen molar-refractivity contribution in [1.82, 2.24) is 25.5 Å². The standard InChI is InChI=1S/C17H20N6O3S3/c1-12(13-4-6-15(7-5-13)29(18,25)26)19-16(24)11-28-17-20-21-22-23(17)9-8-14-3-2-10-27-14/h2-7,10,12H,8-9,11H2,1H3,(H,19,24)(H2,18,25,26). The normalized spacial score (nSPS) is 12.6. The number of nitrogens with one attached hydrogen (secondary N) is 1. The number of primary sulfonamides is 1. The first-order valence-electron chi connectivity index (χ1n) is 8.66. The molecular weight excluding hydrogens is 432 g/mol. The van der Waals surface area contributed by atoms with Crippen LogP contribution in [0.4, 0.5) is 0 Å². The van der Waals surface area contributed by atoms with E-state index >= 15 is 0 Å². The average molecular weight is 453 g/mol. The van der Waals surface area contributed by atoms with Gasteiger partial charge in [0.15, 0.2) is 0 Å². The summed E-state index contributed by atoms with van der Waals surface area (Å²) in [6, 6.07) is 9.88. The van der Waals surface area contributed by atoms with Crippen molar-refractivity contribution in [2.75, 3.05) is 5.75 Å². The van der Waals surface area contributed by atoms with Gasteiger partial charge in [-0.2, -0.15) is 0 Å². The van der Waals surface area contributed by atoms with Crippen molar-refractivity contribution in [2.24, 2.45) is 5.14 Å². The first-order chi connectivity index (χ1) is 13.8. The fourth-order valence-corrected chi connectivity index (χ4v) is 4.48. The summed E-state index contributed by atoms with van der Waals surface area (Å²) in [6.07, 6.45) is 0.827. The third-order valence-corrected chi connectivity index (χ3v) is 6.89. The molecule has 29 heavy (non-hydrogen) atoms. The van der Waals surface area contributed by atoms with Crippen LogP contribution in [0.3, 0.4) is 0 Å². The van der Waals surface area contributed by atoms with Crippen molar-refractivity contribution < 1.29 is 13.2 Å². The number of aryl methyl sites for hydroxylation is 2.